The zero-order valence-electron chi connectivity index (χ0n) is 12.3. The average molecular weight is 320 g/mol. The largest absolute Gasteiger partial charge is 0.573 e. The van der Waals surface area contributed by atoms with Crippen LogP contribution in [0.15, 0.2) is 53.6 Å². The van der Waals surface area contributed by atoms with Gasteiger partial charge < -0.3 is 4.74 Å². The fraction of sp³-hybridized carbons (Fsp3) is 0.235. The average Bonchev–Trinajstić information content (AvgIpc) is 2.52. The van der Waals surface area contributed by atoms with E-state index in [0.29, 0.717) is 0 Å². The predicted octanol–water partition coefficient (Wildman–Crippen LogP) is 3.98. The fourth-order valence-corrected chi connectivity index (χ4v) is 2.48. The molecule has 0 bridgehead atoms. The lowest BCUT2D eigenvalue weighted by molar-refractivity contribution is -0.274. The summed E-state index contributed by atoms with van der Waals surface area (Å²) in [7, 11) is 0. The maximum atomic E-state index is 12.1. The Bertz CT molecular complexity index is 696. The van der Waals surface area contributed by atoms with E-state index in [9.17, 15) is 13.2 Å². The molecule has 0 amide bonds. The highest BCUT2D eigenvalue weighted by Gasteiger charge is 2.30. The van der Waals surface area contributed by atoms with Crippen molar-refractivity contribution in [2.24, 2.45) is 5.10 Å². The van der Waals surface area contributed by atoms with Crippen LogP contribution >= 0.6 is 0 Å². The van der Waals surface area contributed by atoms with Crippen LogP contribution in [0, 0.1) is 0 Å². The number of hydrazone groups is 1. The van der Waals surface area contributed by atoms with Gasteiger partial charge in [0.25, 0.3) is 0 Å². The first-order chi connectivity index (χ1) is 11.0. The van der Waals surface area contributed by atoms with Gasteiger partial charge in [0.15, 0.2) is 0 Å². The van der Waals surface area contributed by atoms with E-state index < -0.39 is 6.36 Å². The standard InChI is InChI=1S/C17H15F3N2O/c18-17(19,20)23-16-7-5-13(6-8-16)11-21-22-10-9-14-3-1-2-4-15(14)12-22/h1-8,11H,9-10,12H2. The molecule has 0 fully saturated rings. The molecule has 0 saturated heterocycles. The van der Waals surface area contributed by atoms with E-state index in [2.05, 4.69) is 22.0 Å². The van der Waals surface area contributed by atoms with E-state index in [0.717, 1.165) is 25.1 Å². The highest BCUT2D eigenvalue weighted by atomic mass is 19.4. The van der Waals surface area contributed by atoms with Crippen molar-refractivity contribution in [3.8, 4) is 5.75 Å². The molecule has 1 aliphatic heterocycles. The van der Waals surface area contributed by atoms with E-state index in [4.69, 9.17) is 0 Å². The number of benzene rings is 2. The quantitative estimate of drug-likeness (QED) is 0.799. The molecule has 1 heterocycles. The van der Waals surface area contributed by atoms with E-state index in [1.165, 1.54) is 23.3 Å². The molecule has 6 heteroatoms. The van der Waals surface area contributed by atoms with Gasteiger partial charge in [-0.05, 0) is 47.4 Å². The molecular formula is C17H15F3N2O. The fourth-order valence-electron chi connectivity index (χ4n) is 2.48. The van der Waals surface area contributed by atoms with Crippen molar-refractivity contribution in [1.29, 1.82) is 0 Å². The van der Waals surface area contributed by atoms with Crippen LogP contribution in [0.4, 0.5) is 13.2 Å². The summed E-state index contributed by atoms with van der Waals surface area (Å²) in [6, 6.07) is 13.9. The predicted molar refractivity (Wildman–Crippen MR) is 81.3 cm³/mol. The molecule has 0 unspecified atom stereocenters. The second-order valence-electron chi connectivity index (χ2n) is 5.27. The smallest absolute Gasteiger partial charge is 0.406 e. The summed E-state index contributed by atoms with van der Waals surface area (Å²) in [4.78, 5) is 0. The Morgan fingerprint density at radius 1 is 1.00 bits per heavy atom. The zero-order valence-corrected chi connectivity index (χ0v) is 12.3. The third kappa shape index (κ3) is 4.25. The molecule has 0 N–H and O–H groups in total. The molecule has 0 aliphatic carbocycles. The number of hydrogen-bond donors (Lipinski definition) is 0. The third-order valence-electron chi connectivity index (χ3n) is 3.59. The van der Waals surface area contributed by atoms with Crippen LogP contribution in [0.2, 0.25) is 0 Å². The Morgan fingerprint density at radius 2 is 1.70 bits per heavy atom. The van der Waals surface area contributed by atoms with Crippen LogP contribution in [-0.2, 0) is 13.0 Å². The second kappa shape index (κ2) is 6.32. The van der Waals surface area contributed by atoms with E-state index in [-0.39, 0.29) is 5.75 Å². The molecule has 120 valence electrons. The first-order valence-electron chi connectivity index (χ1n) is 7.21. The minimum atomic E-state index is -4.67. The van der Waals surface area contributed by atoms with Gasteiger partial charge in [-0.15, -0.1) is 13.2 Å². The maximum Gasteiger partial charge on any atom is 0.573 e. The number of ether oxygens (including phenoxy) is 1. The Labute approximate surface area is 132 Å². The minimum Gasteiger partial charge on any atom is -0.406 e. The summed E-state index contributed by atoms with van der Waals surface area (Å²) in [5, 5.41) is 6.35. The Kier molecular flexibility index (Phi) is 4.23. The molecule has 2 aromatic carbocycles. The van der Waals surface area contributed by atoms with Crippen molar-refractivity contribution >= 4 is 6.21 Å². The molecule has 2 aromatic rings. The number of fused-ring (bicyclic) bond motifs is 1. The number of halogens is 3. The van der Waals surface area contributed by atoms with Crippen molar-refractivity contribution in [1.82, 2.24) is 5.01 Å². The lowest BCUT2D eigenvalue weighted by atomic mass is 10.0. The molecule has 23 heavy (non-hydrogen) atoms. The van der Waals surface area contributed by atoms with Gasteiger partial charge in [-0.1, -0.05) is 24.3 Å². The Balaban J connectivity index is 1.62. The first-order valence-corrected chi connectivity index (χ1v) is 7.21. The lowest BCUT2D eigenvalue weighted by Gasteiger charge is -2.26. The molecule has 0 atom stereocenters. The van der Waals surface area contributed by atoms with Crippen LogP contribution < -0.4 is 4.74 Å². The summed E-state index contributed by atoms with van der Waals surface area (Å²) in [5.74, 6) is -0.235. The third-order valence-corrected chi connectivity index (χ3v) is 3.59. The van der Waals surface area contributed by atoms with Crippen molar-refractivity contribution in [3.05, 3.63) is 65.2 Å². The van der Waals surface area contributed by atoms with E-state index >= 15 is 0 Å². The number of alkyl halides is 3. The van der Waals surface area contributed by atoms with E-state index in [1.54, 1.807) is 18.3 Å². The van der Waals surface area contributed by atoms with Crippen LogP contribution in [-0.4, -0.2) is 24.1 Å². The topological polar surface area (TPSA) is 24.8 Å². The molecule has 1 aliphatic rings. The summed E-state index contributed by atoms with van der Waals surface area (Å²) in [6.45, 7) is 1.56. The van der Waals surface area contributed by atoms with Gasteiger partial charge in [0.05, 0.1) is 12.8 Å². The SMILES string of the molecule is FC(F)(F)Oc1ccc(C=NN2CCc3ccccc3C2)cc1. The van der Waals surface area contributed by atoms with Crippen LogP contribution in [0.5, 0.6) is 5.75 Å². The van der Waals surface area contributed by atoms with Gasteiger partial charge >= 0.3 is 6.36 Å². The maximum absolute atomic E-state index is 12.1. The van der Waals surface area contributed by atoms with Crippen molar-refractivity contribution in [2.75, 3.05) is 6.54 Å². The molecular weight excluding hydrogens is 305 g/mol. The van der Waals surface area contributed by atoms with Crippen molar-refractivity contribution in [3.63, 3.8) is 0 Å². The first kappa shape index (κ1) is 15.4. The highest BCUT2D eigenvalue weighted by Crippen LogP contribution is 2.22. The number of hydrogen-bond acceptors (Lipinski definition) is 3. The van der Waals surface area contributed by atoms with Crippen LogP contribution in [0.1, 0.15) is 16.7 Å². The lowest BCUT2D eigenvalue weighted by Crippen LogP contribution is -2.25. The molecule has 0 spiro atoms. The number of rotatable bonds is 3. The van der Waals surface area contributed by atoms with Crippen LogP contribution in [0.3, 0.4) is 0 Å². The Hall–Kier alpha value is -2.50. The van der Waals surface area contributed by atoms with Crippen molar-refractivity contribution < 1.29 is 17.9 Å². The summed E-state index contributed by atoms with van der Waals surface area (Å²) in [6.07, 6.45) is -2.09. The van der Waals surface area contributed by atoms with Gasteiger partial charge in [-0.2, -0.15) is 5.10 Å². The van der Waals surface area contributed by atoms with Crippen molar-refractivity contribution in [2.45, 2.75) is 19.3 Å². The molecule has 3 rings (SSSR count). The van der Waals surface area contributed by atoms with Gasteiger partial charge in [-0.25, -0.2) is 0 Å². The van der Waals surface area contributed by atoms with E-state index in [1.807, 2.05) is 17.1 Å². The normalized spacial score (nSPS) is 14.8. The molecule has 3 nitrogen and oxygen atoms in total. The second-order valence-corrected chi connectivity index (χ2v) is 5.27. The monoisotopic (exact) mass is 320 g/mol. The van der Waals surface area contributed by atoms with Crippen LogP contribution in [0.25, 0.3) is 0 Å². The zero-order chi connectivity index (χ0) is 16.3. The number of nitrogens with zero attached hydrogens (tertiary/aromatic N) is 2. The minimum absolute atomic E-state index is 0.235. The summed E-state index contributed by atoms with van der Waals surface area (Å²) in [5.41, 5.74) is 3.32. The summed E-state index contributed by atoms with van der Waals surface area (Å²) < 4.78 is 40.1. The van der Waals surface area contributed by atoms with Gasteiger partial charge in [0, 0.05) is 6.54 Å². The van der Waals surface area contributed by atoms with Gasteiger partial charge in [0.2, 0.25) is 0 Å². The molecule has 0 radical (unpaired) electrons. The summed E-state index contributed by atoms with van der Waals surface area (Å²) >= 11 is 0. The van der Waals surface area contributed by atoms with Gasteiger partial charge in [-0.3, -0.25) is 5.01 Å². The highest BCUT2D eigenvalue weighted by molar-refractivity contribution is 5.79. The Morgan fingerprint density at radius 3 is 2.39 bits per heavy atom. The molecule has 0 saturated carbocycles. The van der Waals surface area contributed by atoms with Gasteiger partial charge in [0.1, 0.15) is 5.75 Å². The molecule has 0 aromatic heterocycles.